The molecule has 0 bridgehead atoms. The summed E-state index contributed by atoms with van der Waals surface area (Å²) in [6.07, 6.45) is 2.95. The first-order chi connectivity index (χ1) is 10.2. The molecular formula is C15H16Cl2N2O2. The number of nitrogens with one attached hydrogen (secondary N) is 1. The topological polar surface area (TPSA) is 47.3 Å². The highest BCUT2D eigenvalue weighted by atomic mass is 35.5. The molecule has 0 unspecified atom stereocenters. The van der Waals surface area contributed by atoms with Crippen molar-refractivity contribution in [2.75, 3.05) is 6.54 Å². The van der Waals surface area contributed by atoms with E-state index in [0.717, 1.165) is 36.4 Å². The number of rotatable bonds is 5. The number of benzene rings is 1. The van der Waals surface area contributed by atoms with Crippen molar-refractivity contribution in [2.24, 2.45) is 0 Å². The molecule has 0 saturated carbocycles. The van der Waals surface area contributed by atoms with Crippen LogP contribution in [0.3, 0.4) is 0 Å². The molecule has 1 aliphatic heterocycles. The number of halogens is 2. The van der Waals surface area contributed by atoms with Crippen molar-refractivity contribution in [1.82, 2.24) is 10.5 Å². The molecule has 2 heterocycles. The standard InChI is InChI=1S/C15H16Cl2N2O2/c16-11-4-10(5-12(17)7-11)6-14-8-13(19-21-14)9-20-15-2-1-3-18-15/h4-5,7-8,15,18H,1-3,6,9H2/t15-/m0/s1. The average molecular weight is 327 g/mol. The predicted octanol–water partition coefficient (Wildman–Crippen LogP) is 3.80. The van der Waals surface area contributed by atoms with Gasteiger partial charge >= 0.3 is 0 Å². The molecule has 1 N–H and O–H groups in total. The van der Waals surface area contributed by atoms with E-state index in [1.165, 1.54) is 0 Å². The molecule has 3 rings (SSSR count). The van der Waals surface area contributed by atoms with Crippen LogP contribution in [0.4, 0.5) is 0 Å². The van der Waals surface area contributed by atoms with Crippen molar-refractivity contribution in [3.05, 3.63) is 51.3 Å². The van der Waals surface area contributed by atoms with Gasteiger partial charge in [0.2, 0.25) is 0 Å². The normalized spacial score (nSPS) is 18.3. The Morgan fingerprint density at radius 2 is 2.05 bits per heavy atom. The van der Waals surface area contributed by atoms with Crippen LogP contribution in [0.2, 0.25) is 10.0 Å². The summed E-state index contributed by atoms with van der Waals surface area (Å²) in [6, 6.07) is 7.35. The lowest BCUT2D eigenvalue weighted by atomic mass is 10.1. The maximum absolute atomic E-state index is 5.99. The fourth-order valence-corrected chi connectivity index (χ4v) is 2.97. The zero-order valence-corrected chi connectivity index (χ0v) is 13.0. The first kappa shape index (κ1) is 14.9. The molecule has 1 saturated heterocycles. The summed E-state index contributed by atoms with van der Waals surface area (Å²) in [5, 5.41) is 8.54. The van der Waals surface area contributed by atoms with Crippen LogP contribution in [0.15, 0.2) is 28.8 Å². The van der Waals surface area contributed by atoms with Crippen LogP contribution in [0, 0.1) is 0 Å². The van der Waals surface area contributed by atoms with Gasteiger partial charge in [0.25, 0.3) is 0 Å². The second kappa shape index (κ2) is 6.79. The zero-order valence-electron chi connectivity index (χ0n) is 11.4. The monoisotopic (exact) mass is 326 g/mol. The minimum absolute atomic E-state index is 0.136. The highest BCUT2D eigenvalue weighted by Gasteiger charge is 2.15. The Balaban J connectivity index is 1.59. The van der Waals surface area contributed by atoms with E-state index in [4.69, 9.17) is 32.5 Å². The van der Waals surface area contributed by atoms with Gasteiger partial charge in [-0.05, 0) is 43.1 Å². The van der Waals surface area contributed by atoms with Gasteiger partial charge in [-0.3, -0.25) is 5.32 Å². The Morgan fingerprint density at radius 1 is 1.24 bits per heavy atom. The summed E-state index contributed by atoms with van der Waals surface area (Å²) in [5.41, 5.74) is 1.79. The van der Waals surface area contributed by atoms with Crippen LogP contribution >= 0.6 is 23.2 Å². The first-order valence-electron chi connectivity index (χ1n) is 6.93. The van der Waals surface area contributed by atoms with Gasteiger partial charge < -0.3 is 9.26 Å². The largest absolute Gasteiger partial charge is 0.361 e. The Hall–Kier alpha value is -1.07. The maximum atomic E-state index is 5.99. The average Bonchev–Trinajstić information content (AvgIpc) is 3.06. The molecular weight excluding hydrogens is 311 g/mol. The lowest BCUT2D eigenvalue weighted by Crippen LogP contribution is -2.24. The molecule has 112 valence electrons. The minimum Gasteiger partial charge on any atom is -0.361 e. The Kier molecular flexibility index (Phi) is 4.80. The fourth-order valence-electron chi connectivity index (χ4n) is 2.40. The Morgan fingerprint density at radius 3 is 2.76 bits per heavy atom. The van der Waals surface area contributed by atoms with Gasteiger partial charge in [-0.2, -0.15) is 0 Å². The lowest BCUT2D eigenvalue weighted by molar-refractivity contribution is 0.0281. The van der Waals surface area contributed by atoms with Gasteiger partial charge in [0.05, 0.1) is 6.61 Å². The smallest absolute Gasteiger partial charge is 0.141 e. The first-order valence-corrected chi connectivity index (χ1v) is 7.69. The van der Waals surface area contributed by atoms with Crippen LogP contribution in [0.1, 0.15) is 29.9 Å². The third-order valence-electron chi connectivity index (χ3n) is 3.36. The molecule has 1 atom stereocenters. The molecule has 1 aromatic heterocycles. The Bertz CT molecular complexity index is 589. The van der Waals surface area contributed by atoms with Gasteiger partial charge in [-0.15, -0.1) is 0 Å². The van der Waals surface area contributed by atoms with Gasteiger partial charge in [0.1, 0.15) is 17.7 Å². The molecule has 2 aromatic rings. The van der Waals surface area contributed by atoms with Gasteiger partial charge in [0, 0.05) is 22.5 Å². The highest BCUT2D eigenvalue weighted by molar-refractivity contribution is 6.34. The van der Waals surface area contributed by atoms with E-state index in [-0.39, 0.29) is 6.23 Å². The van der Waals surface area contributed by atoms with Crippen LogP contribution in [-0.4, -0.2) is 17.9 Å². The third kappa shape index (κ3) is 4.20. The van der Waals surface area contributed by atoms with E-state index in [9.17, 15) is 0 Å². The van der Waals surface area contributed by atoms with Crippen molar-refractivity contribution in [3.63, 3.8) is 0 Å². The molecule has 6 heteroatoms. The van der Waals surface area contributed by atoms with E-state index in [1.807, 2.05) is 18.2 Å². The quantitative estimate of drug-likeness (QED) is 0.907. The Labute approximate surface area is 133 Å². The molecule has 0 amide bonds. The number of hydrogen-bond acceptors (Lipinski definition) is 4. The number of hydrogen-bond donors (Lipinski definition) is 1. The van der Waals surface area contributed by atoms with Gasteiger partial charge in [-0.1, -0.05) is 28.4 Å². The van der Waals surface area contributed by atoms with E-state index < -0.39 is 0 Å². The van der Waals surface area contributed by atoms with Gasteiger partial charge in [0.15, 0.2) is 0 Å². The zero-order chi connectivity index (χ0) is 14.7. The summed E-state index contributed by atoms with van der Waals surface area (Å²) in [4.78, 5) is 0. The van der Waals surface area contributed by atoms with Crippen LogP contribution < -0.4 is 5.32 Å². The van der Waals surface area contributed by atoms with E-state index in [1.54, 1.807) is 6.07 Å². The fraction of sp³-hybridized carbons (Fsp3) is 0.400. The number of ether oxygens (including phenoxy) is 1. The van der Waals surface area contributed by atoms with Crippen molar-refractivity contribution in [1.29, 1.82) is 0 Å². The minimum atomic E-state index is 0.136. The van der Waals surface area contributed by atoms with Gasteiger partial charge in [-0.25, -0.2) is 0 Å². The van der Waals surface area contributed by atoms with Crippen LogP contribution in [-0.2, 0) is 17.8 Å². The van der Waals surface area contributed by atoms with E-state index in [2.05, 4.69) is 10.5 Å². The van der Waals surface area contributed by atoms with Crippen molar-refractivity contribution < 1.29 is 9.26 Å². The third-order valence-corrected chi connectivity index (χ3v) is 3.79. The summed E-state index contributed by atoms with van der Waals surface area (Å²) in [6.45, 7) is 1.47. The van der Waals surface area contributed by atoms with Crippen LogP contribution in [0.5, 0.6) is 0 Å². The lowest BCUT2D eigenvalue weighted by Gasteiger charge is -2.09. The molecule has 1 aromatic carbocycles. The van der Waals surface area contributed by atoms with Crippen molar-refractivity contribution in [2.45, 2.75) is 32.1 Å². The summed E-state index contributed by atoms with van der Waals surface area (Å²) >= 11 is 12.0. The molecule has 21 heavy (non-hydrogen) atoms. The SMILES string of the molecule is Clc1cc(Cl)cc(Cc2cc(CO[C@H]3CCCN3)no2)c1. The molecule has 1 fully saturated rings. The number of aromatic nitrogens is 1. The predicted molar refractivity (Wildman–Crippen MR) is 81.6 cm³/mol. The molecule has 0 aliphatic carbocycles. The highest BCUT2D eigenvalue weighted by Crippen LogP contribution is 2.21. The maximum Gasteiger partial charge on any atom is 0.141 e. The summed E-state index contributed by atoms with van der Waals surface area (Å²) in [7, 11) is 0. The van der Waals surface area contributed by atoms with Crippen molar-refractivity contribution >= 4 is 23.2 Å². The van der Waals surface area contributed by atoms with Crippen molar-refractivity contribution in [3.8, 4) is 0 Å². The number of nitrogens with zero attached hydrogens (tertiary/aromatic N) is 1. The summed E-state index contributed by atoms with van der Waals surface area (Å²) in [5.74, 6) is 0.770. The van der Waals surface area contributed by atoms with E-state index in [0.29, 0.717) is 23.1 Å². The molecule has 0 radical (unpaired) electrons. The second-order valence-corrected chi connectivity index (χ2v) is 6.01. The van der Waals surface area contributed by atoms with Crippen LogP contribution in [0.25, 0.3) is 0 Å². The molecule has 1 aliphatic rings. The molecule has 0 spiro atoms. The molecule has 4 nitrogen and oxygen atoms in total. The second-order valence-electron chi connectivity index (χ2n) is 5.14. The van der Waals surface area contributed by atoms with E-state index >= 15 is 0 Å². The summed E-state index contributed by atoms with van der Waals surface area (Å²) < 4.78 is 11.0.